The number of amides is 1. The molecule has 7 nitrogen and oxygen atoms in total. The summed E-state index contributed by atoms with van der Waals surface area (Å²) in [5.41, 5.74) is 0. The summed E-state index contributed by atoms with van der Waals surface area (Å²) in [6.07, 6.45) is 7.91. The average molecular weight is 526 g/mol. The van der Waals surface area contributed by atoms with E-state index in [0.717, 1.165) is 25.7 Å². The molecule has 0 aliphatic carbocycles. The SMILES string of the molecule is CC(C)[C@H]1CCC[C@@H](COC(=O)N2CCC(N3CCCCC3)CC2)N1S(=O)(=O)c1ccc(Cl)cc1. The van der Waals surface area contributed by atoms with Gasteiger partial charge in [0, 0.05) is 30.2 Å². The van der Waals surface area contributed by atoms with Crippen molar-refractivity contribution in [2.24, 2.45) is 5.92 Å². The van der Waals surface area contributed by atoms with Gasteiger partial charge in [-0.2, -0.15) is 4.31 Å². The van der Waals surface area contributed by atoms with Crippen LogP contribution in [0, 0.1) is 5.92 Å². The zero-order valence-electron chi connectivity index (χ0n) is 21.1. The fraction of sp³-hybridized carbons (Fsp3) is 0.731. The van der Waals surface area contributed by atoms with Crippen molar-refractivity contribution < 1.29 is 17.9 Å². The standard InChI is InChI=1S/C26H40ClN3O4S/c1-20(2)25-8-6-7-23(30(25)35(32,33)24-11-9-21(27)10-12-24)19-34-26(31)29-17-13-22(14-18-29)28-15-4-3-5-16-28/h9-12,20,22-23,25H,3-8,13-19H2,1-2H3/t23-,25+/m0/s1. The number of halogens is 1. The second kappa shape index (κ2) is 11.8. The number of rotatable bonds is 6. The Labute approximate surface area is 215 Å². The van der Waals surface area contributed by atoms with Crippen molar-refractivity contribution in [1.29, 1.82) is 0 Å². The molecule has 0 N–H and O–H groups in total. The lowest BCUT2D eigenvalue weighted by molar-refractivity contribution is 0.0404. The second-order valence-corrected chi connectivity index (χ2v) is 12.9. The molecule has 1 aromatic carbocycles. The van der Waals surface area contributed by atoms with E-state index in [0.29, 0.717) is 30.6 Å². The van der Waals surface area contributed by atoms with E-state index in [1.165, 1.54) is 32.4 Å². The third-order valence-electron chi connectivity index (χ3n) is 7.91. The molecule has 35 heavy (non-hydrogen) atoms. The van der Waals surface area contributed by atoms with Crippen molar-refractivity contribution >= 4 is 27.7 Å². The minimum atomic E-state index is -3.75. The molecular formula is C26H40ClN3O4S. The quantitative estimate of drug-likeness (QED) is 0.523. The Hall–Kier alpha value is -1.35. The lowest BCUT2D eigenvalue weighted by Crippen LogP contribution is -2.54. The van der Waals surface area contributed by atoms with Crippen LogP contribution in [0.25, 0.3) is 0 Å². The molecule has 3 fully saturated rings. The normalized spacial score (nSPS) is 25.7. The van der Waals surface area contributed by atoms with Gasteiger partial charge in [0.25, 0.3) is 0 Å². The van der Waals surface area contributed by atoms with Crippen LogP contribution in [-0.4, -0.2) is 79.5 Å². The van der Waals surface area contributed by atoms with Crippen molar-refractivity contribution in [3.8, 4) is 0 Å². The van der Waals surface area contributed by atoms with Crippen LogP contribution in [0.1, 0.15) is 65.2 Å². The number of benzene rings is 1. The third-order valence-corrected chi connectivity index (χ3v) is 10.2. The molecule has 1 aromatic rings. The average Bonchev–Trinajstić information content (AvgIpc) is 2.87. The van der Waals surface area contributed by atoms with Crippen molar-refractivity contribution in [2.45, 2.75) is 88.2 Å². The highest BCUT2D eigenvalue weighted by atomic mass is 35.5. The molecule has 3 heterocycles. The Morgan fingerprint density at radius 3 is 2.26 bits per heavy atom. The highest BCUT2D eigenvalue weighted by Gasteiger charge is 2.42. The number of ether oxygens (including phenoxy) is 1. The van der Waals surface area contributed by atoms with Crippen LogP contribution in [0.5, 0.6) is 0 Å². The van der Waals surface area contributed by atoms with Crippen LogP contribution in [0.3, 0.4) is 0 Å². The molecule has 9 heteroatoms. The minimum Gasteiger partial charge on any atom is -0.448 e. The van der Waals surface area contributed by atoms with Gasteiger partial charge in [0.2, 0.25) is 10.0 Å². The van der Waals surface area contributed by atoms with E-state index in [4.69, 9.17) is 16.3 Å². The second-order valence-electron chi connectivity index (χ2n) is 10.6. The van der Waals surface area contributed by atoms with Gasteiger partial charge in [-0.1, -0.05) is 38.3 Å². The Morgan fingerprint density at radius 2 is 1.63 bits per heavy atom. The molecule has 2 atom stereocenters. The van der Waals surface area contributed by atoms with Crippen molar-refractivity contribution in [2.75, 3.05) is 32.8 Å². The van der Waals surface area contributed by atoms with Crippen LogP contribution in [0.15, 0.2) is 29.2 Å². The molecule has 0 spiro atoms. The number of hydrogen-bond acceptors (Lipinski definition) is 5. The number of piperidine rings is 3. The molecule has 1 amide bonds. The van der Waals surface area contributed by atoms with Gasteiger partial charge in [-0.3, -0.25) is 0 Å². The minimum absolute atomic E-state index is 0.0843. The summed E-state index contributed by atoms with van der Waals surface area (Å²) in [6, 6.07) is 6.37. The van der Waals surface area contributed by atoms with E-state index in [-0.39, 0.29) is 35.6 Å². The predicted molar refractivity (Wildman–Crippen MR) is 138 cm³/mol. The van der Waals surface area contributed by atoms with Gasteiger partial charge < -0.3 is 14.5 Å². The molecule has 0 aromatic heterocycles. The first-order chi connectivity index (χ1) is 16.8. The maximum absolute atomic E-state index is 13.7. The van der Waals surface area contributed by atoms with Gasteiger partial charge in [-0.25, -0.2) is 13.2 Å². The van der Waals surface area contributed by atoms with Gasteiger partial charge in [-0.05, 0) is 81.8 Å². The first kappa shape index (κ1) is 26.7. The summed E-state index contributed by atoms with van der Waals surface area (Å²) in [7, 11) is -3.75. The van der Waals surface area contributed by atoms with Crippen LogP contribution in [0.4, 0.5) is 4.79 Å². The van der Waals surface area contributed by atoms with E-state index in [1.807, 2.05) is 0 Å². The first-order valence-corrected chi connectivity index (χ1v) is 15.0. The highest BCUT2D eigenvalue weighted by molar-refractivity contribution is 7.89. The summed E-state index contributed by atoms with van der Waals surface area (Å²) >= 11 is 5.99. The fourth-order valence-corrected chi connectivity index (χ4v) is 8.04. The van der Waals surface area contributed by atoms with Crippen LogP contribution >= 0.6 is 11.6 Å². The monoisotopic (exact) mass is 525 g/mol. The fourth-order valence-electron chi connectivity index (χ4n) is 5.93. The van der Waals surface area contributed by atoms with Crippen LogP contribution < -0.4 is 0 Å². The molecular weight excluding hydrogens is 486 g/mol. The van der Waals surface area contributed by atoms with Crippen molar-refractivity contribution in [3.63, 3.8) is 0 Å². The van der Waals surface area contributed by atoms with Crippen LogP contribution in [-0.2, 0) is 14.8 Å². The number of carbonyl (C=O) groups excluding carboxylic acids is 1. The molecule has 0 unspecified atom stereocenters. The van der Waals surface area contributed by atoms with E-state index >= 15 is 0 Å². The maximum atomic E-state index is 13.7. The van der Waals surface area contributed by atoms with E-state index in [2.05, 4.69) is 18.7 Å². The third kappa shape index (κ3) is 6.32. The van der Waals surface area contributed by atoms with E-state index in [1.54, 1.807) is 33.5 Å². The van der Waals surface area contributed by atoms with Crippen molar-refractivity contribution in [3.05, 3.63) is 29.3 Å². The van der Waals surface area contributed by atoms with Crippen LogP contribution in [0.2, 0.25) is 5.02 Å². The first-order valence-electron chi connectivity index (χ1n) is 13.2. The van der Waals surface area contributed by atoms with Gasteiger partial charge >= 0.3 is 6.09 Å². The Kier molecular flexibility index (Phi) is 9.00. The zero-order chi connectivity index (χ0) is 25.0. The van der Waals surface area contributed by atoms with Gasteiger partial charge in [0.1, 0.15) is 6.61 Å². The van der Waals surface area contributed by atoms with Gasteiger partial charge in [0.05, 0.1) is 10.9 Å². The Bertz CT molecular complexity index is 942. The molecule has 3 aliphatic heterocycles. The Morgan fingerprint density at radius 1 is 0.971 bits per heavy atom. The van der Waals surface area contributed by atoms with E-state index < -0.39 is 10.0 Å². The summed E-state index contributed by atoms with van der Waals surface area (Å²) in [5.74, 6) is 0.157. The highest BCUT2D eigenvalue weighted by Crippen LogP contribution is 2.34. The largest absolute Gasteiger partial charge is 0.448 e. The molecule has 0 radical (unpaired) electrons. The molecule has 3 saturated heterocycles. The summed E-state index contributed by atoms with van der Waals surface area (Å²) in [4.78, 5) is 17.5. The smallest absolute Gasteiger partial charge is 0.409 e. The number of carbonyl (C=O) groups is 1. The maximum Gasteiger partial charge on any atom is 0.409 e. The zero-order valence-corrected chi connectivity index (χ0v) is 22.6. The lowest BCUT2D eigenvalue weighted by atomic mass is 9.91. The lowest BCUT2D eigenvalue weighted by Gasteiger charge is -2.43. The molecule has 4 rings (SSSR count). The van der Waals surface area contributed by atoms with E-state index in [9.17, 15) is 13.2 Å². The topological polar surface area (TPSA) is 70.2 Å². The molecule has 0 saturated carbocycles. The number of hydrogen-bond donors (Lipinski definition) is 0. The predicted octanol–water partition coefficient (Wildman–Crippen LogP) is 4.99. The summed E-state index contributed by atoms with van der Waals surface area (Å²) in [5, 5.41) is 0.498. The van der Waals surface area contributed by atoms with Gasteiger partial charge in [0.15, 0.2) is 0 Å². The number of likely N-dealkylation sites (tertiary alicyclic amines) is 2. The summed E-state index contributed by atoms with van der Waals surface area (Å²) in [6.45, 7) is 7.93. The van der Waals surface area contributed by atoms with Crippen molar-refractivity contribution in [1.82, 2.24) is 14.1 Å². The molecule has 3 aliphatic rings. The number of sulfonamides is 1. The molecule has 196 valence electrons. The number of nitrogens with zero attached hydrogens (tertiary/aromatic N) is 3. The molecule has 0 bridgehead atoms. The summed E-state index contributed by atoms with van der Waals surface area (Å²) < 4.78 is 34.7. The van der Waals surface area contributed by atoms with Gasteiger partial charge in [-0.15, -0.1) is 0 Å². The Balaban J connectivity index is 1.39.